The van der Waals surface area contributed by atoms with Crippen LogP contribution in [0.3, 0.4) is 0 Å². The van der Waals surface area contributed by atoms with E-state index < -0.39 is 0 Å². The summed E-state index contributed by atoms with van der Waals surface area (Å²) in [4.78, 5) is 13.0. The third-order valence-electron chi connectivity index (χ3n) is 3.89. The molecule has 132 valence electrons. The number of benzene rings is 1. The summed E-state index contributed by atoms with van der Waals surface area (Å²) in [5, 5.41) is 6.58. The van der Waals surface area contributed by atoms with Gasteiger partial charge in [-0.05, 0) is 43.3 Å². The van der Waals surface area contributed by atoms with Crippen molar-refractivity contribution < 1.29 is 9.13 Å². The molecule has 1 aromatic carbocycles. The fourth-order valence-corrected chi connectivity index (χ4v) is 2.56. The maximum Gasteiger partial charge on any atom is 0.159 e. The molecule has 0 aliphatic carbocycles. The molecule has 2 aliphatic rings. The molecule has 2 N–H and O–H groups in total. The zero-order chi connectivity index (χ0) is 17.5. The minimum Gasteiger partial charge on any atom is -0.492 e. The Morgan fingerprint density at radius 3 is 3.08 bits per heavy atom. The molecule has 2 heterocycles. The molecule has 0 fully saturated rings. The third kappa shape index (κ3) is 4.73. The van der Waals surface area contributed by atoms with Crippen molar-refractivity contribution in [1.82, 2.24) is 10.6 Å². The van der Waals surface area contributed by atoms with Crippen LogP contribution < -0.4 is 15.4 Å². The predicted molar refractivity (Wildman–Crippen MR) is 98.7 cm³/mol. The number of ether oxygens (including phenoxy) is 1. The van der Waals surface area contributed by atoms with E-state index in [9.17, 15) is 4.39 Å². The maximum absolute atomic E-state index is 14.2. The molecule has 1 aromatic rings. The van der Waals surface area contributed by atoms with E-state index in [4.69, 9.17) is 4.74 Å². The van der Waals surface area contributed by atoms with Crippen LogP contribution in [0.25, 0.3) is 0 Å². The Balaban J connectivity index is 1.84. The van der Waals surface area contributed by atoms with Crippen LogP contribution in [0.1, 0.15) is 12.0 Å². The average molecular weight is 343 g/mol. The van der Waals surface area contributed by atoms with Crippen molar-refractivity contribution in [1.29, 1.82) is 0 Å². The molecule has 0 spiro atoms. The summed E-state index contributed by atoms with van der Waals surface area (Å²) in [7, 11) is 1.73. The molecule has 25 heavy (non-hydrogen) atoms. The summed E-state index contributed by atoms with van der Waals surface area (Å²) in [6, 6.07) is 4.70. The van der Waals surface area contributed by atoms with Gasteiger partial charge in [-0.25, -0.2) is 4.39 Å². The fourth-order valence-electron chi connectivity index (χ4n) is 2.56. The first-order valence-corrected chi connectivity index (χ1v) is 8.39. The average Bonchev–Trinajstić information content (AvgIpc) is 3.09. The minimum atomic E-state index is -0.366. The second-order valence-electron chi connectivity index (χ2n) is 5.69. The van der Waals surface area contributed by atoms with Crippen LogP contribution in [0.4, 0.5) is 4.39 Å². The molecule has 0 aromatic heterocycles. The monoisotopic (exact) mass is 343 g/mol. The van der Waals surface area contributed by atoms with Gasteiger partial charge in [-0.1, -0.05) is 0 Å². The van der Waals surface area contributed by atoms with E-state index in [-0.39, 0.29) is 12.0 Å². The number of nitrogens with zero attached hydrogens (tertiary/aromatic N) is 3. The number of nitrogens with one attached hydrogen (secondary N) is 2. The molecular formula is C18H22FN5O. The van der Waals surface area contributed by atoms with E-state index in [1.165, 1.54) is 6.07 Å². The van der Waals surface area contributed by atoms with Crippen LogP contribution in [0.2, 0.25) is 0 Å². The normalized spacial score (nSPS) is 24.2. The molecular weight excluding hydrogens is 321 g/mol. The number of halogens is 1. The van der Waals surface area contributed by atoms with E-state index in [0.717, 1.165) is 31.9 Å². The Hall–Kier alpha value is -2.54. The van der Waals surface area contributed by atoms with Crippen molar-refractivity contribution >= 4 is 17.8 Å². The van der Waals surface area contributed by atoms with Gasteiger partial charge in [0.05, 0.1) is 11.9 Å². The highest BCUT2D eigenvalue weighted by atomic mass is 19.1. The first-order chi connectivity index (χ1) is 12.3. The lowest BCUT2D eigenvalue weighted by Gasteiger charge is -2.10. The van der Waals surface area contributed by atoms with Crippen LogP contribution in [-0.2, 0) is 0 Å². The van der Waals surface area contributed by atoms with E-state index in [2.05, 4.69) is 25.6 Å². The Morgan fingerprint density at radius 1 is 1.28 bits per heavy atom. The highest BCUT2D eigenvalue weighted by Gasteiger charge is 2.16. The quantitative estimate of drug-likeness (QED) is 0.751. The fraction of sp³-hybridized carbons (Fsp3) is 0.389. The summed E-state index contributed by atoms with van der Waals surface area (Å²) in [6.45, 7) is 2.95. The topological polar surface area (TPSA) is 70.4 Å². The standard InChI is InChI=1S/C18H22FN5O/c1-20-17-5-6-18-23-12-16(24-18)14-11-13(3-4-15(14)19)25-10-9-21-7-2-8-22-17/h3-6,11-12,18,21H,2,7-10H2,1H3,(H,20,22)/b6-5-. The van der Waals surface area contributed by atoms with Crippen LogP contribution in [0.5, 0.6) is 5.75 Å². The zero-order valence-corrected chi connectivity index (χ0v) is 14.2. The van der Waals surface area contributed by atoms with Crippen LogP contribution in [0, 0.1) is 5.82 Å². The second-order valence-corrected chi connectivity index (χ2v) is 5.69. The molecule has 0 amide bonds. The Morgan fingerprint density at radius 2 is 2.20 bits per heavy atom. The Kier molecular flexibility index (Phi) is 5.90. The number of rotatable bonds is 0. The molecule has 3 rings (SSSR count). The van der Waals surface area contributed by atoms with E-state index in [0.29, 0.717) is 23.6 Å². The van der Waals surface area contributed by atoms with Gasteiger partial charge in [0.15, 0.2) is 6.17 Å². The Bertz CT molecular complexity index is 726. The van der Waals surface area contributed by atoms with Crippen molar-refractivity contribution in [3.8, 4) is 5.75 Å². The molecule has 1 atom stereocenters. The minimum absolute atomic E-state index is 0.337. The van der Waals surface area contributed by atoms with Crippen molar-refractivity contribution in [2.24, 2.45) is 15.0 Å². The molecule has 2 aliphatic heterocycles. The first-order valence-electron chi connectivity index (χ1n) is 8.39. The van der Waals surface area contributed by atoms with Crippen LogP contribution in [0.15, 0.2) is 45.3 Å². The van der Waals surface area contributed by atoms with E-state index >= 15 is 0 Å². The SMILES string of the molecule is CN=C1/C=C\C2N=CC(=N2)c2cc(ccc2F)OCCNCCCN1. The first kappa shape index (κ1) is 17.3. The maximum atomic E-state index is 14.2. The lowest BCUT2D eigenvalue weighted by Crippen LogP contribution is -2.28. The van der Waals surface area contributed by atoms with Crippen LogP contribution in [-0.4, -0.2) is 57.2 Å². The number of aliphatic imine (C=N–C) groups is 3. The van der Waals surface area contributed by atoms with Crippen molar-refractivity contribution in [3.63, 3.8) is 0 Å². The number of hydrogen-bond acceptors (Lipinski definition) is 5. The summed E-state index contributed by atoms with van der Waals surface area (Å²) >= 11 is 0. The molecule has 7 heteroatoms. The van der Waals surface area contributed by atoms with Gasteiger partial charge in [0.2, 0.25) is 0 Å². The van der Waals surface area contributed by atoms with Gasteiger partial charge in [-0.3, -0.25) is 15.0 Å². The molecule has 6 nitrogen and oxygen atoms in total. The summed E-state index contributed by atoms with van der Waals surface area (Å²) in [5.74, 6) is 1.06. The van der Waals surface area contributed by atoms with Gasteiger partial charge < -0.3 is 15.4 Å². The zero-order valence-electron chi connectivity index (χ0n) is 14.2. The lowest BCUT2D eigenvalue weighted by molar-refractivity contribution is 0.313. The summed E-state index contributed by atoms with van der Waals surface area (Å²) in [6.07, 6.45) is 5.90. The lowest BCUT2D eigenvalue weighted by atomic mass is 10.1. The van der Waals surface area contributed by atoms with E-state index in [1.54, 1.807) is 25.4 Å². The summed E-state index contributed by atoms with van der Waals surface area (Å²) in [5.41, 5.74) is 0.917. The highest BCUT2D eigenvalue weighted by molar-refractivity contribution is 6.39. The van der Waals surface area contributed by atoms with Crippen molar-refractivity contribution in [2.75, 3.05) is 33.3 Å². The van der Waals surface area contributed by atoms with Crippen LogP contribution >= 0.6 is 0 Å². The van der Waals surface area contributed by atoms with Gasteiger partial charge >= 0.3 is 0 Å². The van der Waals surface area contributed by atoms with Gasteiger partial charge in [-0.15, -0.1) is 0 Å². The van der Waals surface area contributed by atoms with Crippen molar-refractivity contribution in [3.05, 3.63) is 41.7 Å². The number of fused-ring (bicyclic) bond motifs is 4. The van der Waals surface area contributed by atoms with Crippen molar-refractivity contribution in [2.45, 2.75) is 12.6 Å². The number of amidine groups is 1. The molecule has 0 saturated carbocycles. The largest absolute Gasteiger partial charge is 0.492 e. The third-order valence-corrected chi connectivity index (χ3v) is 3.89. The predicted octanol–water partition coefficient (Wildman–Crippen LogP) is 1.57. The summed E-state index contributed by atoms with van der Waals surface area (Å²) < 4.78 is 19.9. The van der Waals surface area contributed by atoms with Gasteiger partial charge in [0.1, 0.15) is 24.0 Å². The highest BCUT2D eigenvalue weighted by Crippen LogP contribution is 2.19. The van der Waals surface area contributed by atoms with Gasteiger partial charge in [0.25, 0.3) is 0 Å². The number of hydrogen-bond donors (Lipinski definition) is 2. The molecule has 0 saturated heterocycles. The Labute approximate surface area is 146 Å². The smallest absolute Gasteiger partial charge is 0.159 e. The molecule has 0 radical (unpaired) electrons. The van der Waals surface area contributed by atoms with E-state index in [1.807, 2.05) is 12.2 Å². The van der Waals surface area contributed by atoms with Gasteiger partial charge in [0, 0.05) is 25.7 Å². The molecule has 4 bridgehead atoms. The second kappa shape index (κ2) is 8.53. The molecule has 1 unspecified atom stereocenters. The van der Waals surface area contributed by atoms with Gasteiger partial charge in [-0.2, -0.15) is 0 Å².